The molecule has 0 radical (unpaired) electrons. The molecule has 1 heterocycles. The SMILES string of the molecule is CC(C)C(=O)N(C)c1ccncc1. The third-order valence-electron chi connectivity index (χ3n) is 1.87. The van der Waals surface area contributed by atoms with Gasteiger partial charge in [0.05, 0.1) is 0 Å². The van der Waals surface area contributed by atoms with E-state index < -0.39 is 0 Å². The summed E-state index contributed by atoms with van der Waals surface area (Å²) in [6.07, 6.45) is 3.36. The number of carbonyl (C=O) groups is 1. The van der Waals surface area contributed by atoms with Crippen LogP contribution >= 0.6 is 0 Å². The van der Waals surface area contributed by atoms with Crippen molar-refractivity contribution in [1.29, 1.82) is 0 Å². The highest BCUT2D eigenvalue weighted by atomic mass is 16.2. The van der Waals surface area contributed by atoms with Gasteiger partial charge < -0.3 is 4.90 Å². The fourth-order valence-corrected chi connectivity index (χ4v) is 1.08. The summed E-state index contributed by atoms with van der Waals surface area (Å²) in [6, 6.07) is 3.64. The number of hydrogen-bond donors (Lipinski definition) is 0. The average Bonchev–Trinajstić information content (AvgIpc) is 2.17. The largest absolute Gasteiger partial charge is 0.315 e. The Hall–Kier alpha value is -1.38. The maximum atomic E-state index is 11.5. The van der Waals surface area contributed by atoms with Crippen molar-refractivity contribution in [1.82, 2.24) is 4.98 Å². The van der Waals surface area contributed by atoms with Crippen LogP contribution in [0.1, 0.15) is 13.8 Å². The number of nitrogens with zero attached hydrogens (tertiary/aromatic N) is 2. The summed E-state index contributed by atoms with van der Waals surface area (Å²) in [6.45, 7) is 3.78. The Morgan fingerprint density at radius 1 is 1.38 bits per heavy atom. The first-order valence-electron chi connectivity index (χ1n) is 4.30. The molecule has 0 aliphatic heterocycles. The van der Waals surface area contributed by atoms with E-state index in [1.54, 1.807) is 24.3 Å². The molecule has 0 saturated heterocycles. The van der Waals surface area contributed by atoms with Crippen molar-refractivity contribution in [3.63, 3.8) is 0 Å². The normalized spacial score (nSPS) is 10.2. The molecule has 1 rings (SSSR count). The molecule has 13 heavy (non-hydrogen) atoms. The van der Waals surface area contributed by atoms with E-state index in [1.165, 1.54) is 0 Å². The first kappa shape index (κ1) is 9.71. The van der Waals surface area contributed by atoms with E-state index in [4.69, 9.17) is 0 Å². The highest BCUT2D eigenvalue weighted by Crippen LogP contribution is 2.12. The van der Waals surface area contributed by atoms with Crippen molar-refractivity contribution in [3.8, 4) is 0 Å². The summed E-state index contributed by atoms with van der Waals surface area (Å²) >= 11 is 0. The van der Waals surface area contributed by atoms with Gasteiger partial charge in [-0.25, -0.2) is 0 Å². The van der Waals surface area contributed by atoms with Crippen LogP contribution in [0, 0.1) is 5.92 Å². The molecule has 0 unspecified atom stereocenters. The van der Waals surface area contributed by atoms with Gasteiger partial charge in [0.2, 0.25) is 5.91 Å². The monoisotopic (exact) mass is 178 g/mol. The first-order valence-corrected chi connectivity index (χ1v) is 4.30. The molecule has 0 bridgehead atoms. The third kappa shape index (κ3) is 2.28. The van der Waals surface area contributed by atoms with Crippen molar-refractivity contribution in [2.75, 3.05) is 11.9 Å². The van der Waals surface area contributed by atoms with Crippen LogP contribution in [-0.4, -0.2) is 17.9 Å². The molecule has 0 N–H and O–H groups in total. The Balaban J connectivity index is 2.80. The van der Waals surface area contributed by atoms with Crippen molar-refractivity contribution >= 4 is 11.6 Å². The molecular formula is C10H14N2O. The Labute approximate surface area is 78.4 Å². The molecule has 0 atom stereocenters. The zero-order valence-electron chi connectivity index (χ0n) is 8.19. The van der Waals surface area contributed by atoms with Crippen LogP contribution in [-0.2, 0) is 4.79 Å². The molecule has 1 amide bonds. The van der Waals surface area contributed by atoms with Crippen molar-refractivity contribution in [3.05, 3.63) is 24.5 Å². The Kier molecular flexibility index (Phi) is 3.01. The summed E-state index contributed by atoms with van der Waals surface area (Å²) < 4.78 is 0. The van der Waals surface area contributed by atoms with Gasteiger partial charge in [0, 0.05) is 31.0 Å². The maximum Gasteiger partial charge on any atom is 0.229 e. The second-order valence-corrected chi connectivity index (χ2v) is 3.26. The molecule has 0 spiro atoms. The highest BCUT2D eigenvalue weighted by Gasteiger charge is 2.13. The summed E-state index contributed by atoms with van der Waals surface area (Å²) in [5.41, 5.74) is 0.883. The number of anilines is 1. The van der Waals surface area contributed by atoms with Crippen LogP contribution in [0.15, 0.2) is 24.5 Å². The van der Waals surface area contributed by atoms with E-state index in [1.807, 2.05) is 26.0 Å². The topological polar surface area (TPSA) is 33.2 Å². The molecule has 3 nitrogen and oxygen atoms in total. The Morgan fingerprint density at radius 3 is 2.38 bits per heavy atom. The van der Waals surface area contributed by atoms with Gasteiger partial charge in [0.1, 0.15) is 0 Å². The standard InChI is InChI=1S/C10H14N2O/c1-8(2)10(13)12(3)9-4-6-11-7-5-9/h4-8H,1-3H3. The van der Waals surface area contributed by atoms with E-state index in [0.717, 1.165) is 5.69 Å². The van der Waals surface area contributed by atoms with Gasteiger partial charge in [-0.05, 0) is 12.1 Å². The van der Waals surface area contributed by atoms with Crippen LogP contribution in [0.5, 0.6) is 0 Å². The molecule has 0 saturated carbocycles. The van der Waals surface area contributed by atoms with E-state index in [0.29, 0.717) is 0 Å². The summed E-state index contributed by atoms with van der Waals surface area (Å²) in [4.78, 5) is 17.1. The zero-order chi connectivity index (χ0) is 9.84. The number of amides is 1. The average molecular weight is 178 g/mol. The fourth-order valence-electron chi connectivity index (χ4n) is 1.08. The maximum absolute atomic E-state index is 11.5. The second kappa shape index (κ2) is 4.03. The van der Waals surface area contributed by atoms with E-state index in [2.05, 4.69) is 4.98 Å². The second-order valence-electron chi connectivity index (χ2n) is 3.26. The number of pyridine rings is 1. The molecule has 0 fully saturated rings. The molecule has 1 aromatic heterocycles. The number of rotatable bonds is 2. The molecule has 0 aliphatic carbocycles. The highest BCUT2D eigenvalue weighted by molar-refractivity contribution is 5.93. The minimum Gasteiger partial charge on any atom is -0.315 e. The molecule has 3 heteroatoms. The Morgan fingerprint density at radius 2 is 1.92 bits per heavy atom. The lowest BCUT2D eigenvalue weighted by Gasteiger charge is -2.18. The fraction of sp³-hybridized carbons (Fsp3) is 0.400. The van der Waals surface area contributed by atoms with Gasteiger partial charge in [-0.3, -0.25) is 9.78 Å². The van der Waals surface area contributed by atoms with Crippen LogP contribution in [0.25, 0.3) is 0 Å². The minimum atomic E-state index is 0.0261. The van der Waals surface area contributed by atoms with Crippen LogP contribution in [0.3, 0.4) is 0 Å². The molecule has 70 valence electrons. The number of hydrogen-bond acceptors (Lipinski definition) is 2. The lowest BCUT2D eigenvalue weighted by molar-refractivity contribution is -0.121. The van der Waals surface area contributed by atoms with Gasteiger partial charge in [-0.15, -0.1) is 0 Å². The molecule has 1 aromatic rings. The summed E-state index contributed by atoms with van der Waals surface area (Å²) in [5, 5.41) is 0. The quantitative estimate of drug-likeness (QED) is 0.690. The first-order chi connectivity index (χ1) is 6.13. The van der Waals surface area contributed by atoms with Crippen molar-refractivity contribution < 1.29 is 4.79 Å². The van der Waals surface area contributed by atoms with Crippen molar-refractivity contribution in [2.45, 2.75) is 13.8 Å². The number of aromatic nitrogens is 1. The van der Waals surface area contributed by atoms with Crippen molar-refractivity contribution in [2.24, 2.45) is 5.92 Å². The zero-order valence-corrected chi connectivity index (χ0v) is 8.19. The van der Waals surface area contributed by atoms with E-state index in [-0.39, 0.29) is 11.8 Å². The third-order valence-corrected chi connectivity index (χ3v) is 1.87. The van der Waals surface area contributed by atoms with E-state index >= 15 is 0 Å². The summed E-state index contributed by atoms with van der Waals surface area (Å²) in [5.74, 6) is 0.143. The molecular weight excluding hydrogens is 164 g/mol. The molecule has 0 aliphatic rings. The summed E-state index contributed by atoms with van der Waals surface area (Å²) in [7, 11) is 1.78. The predicted octanol–water partition coefficient (Wildman–Crippen LogP) is 1.70. The van der Waals surface area contributed by atoms with Crippen LogP contribution in [0.2, 0.25) is 0 Å². The Bertz CT molecular complexity index is 282. The van der Waals surface area contributed by atoms with Gasteiger partial charge in [0.25, 0.3) is 0 Å². The van der Waals surface area contributed by atoms with Gasteiger partial charge >= 0.3 is 0 Å². The minimum absolute atomic E-state index is 0.0261. The van der Waals surface area contributed by atoms with Gasteiger partial charge in [0.15, 0.2) is 0 Å². The molecule has 0 aromatic carbocycles. The van der Waals surface area contributed by atoms with Gasteiger partial charge in [-0.1, -0.05) is 13.8 Å². The van der Waals surface area contributed by atoms with Crippen LogP contribution < -0.4 is 4.90 Å². The van der Waals surface area contributed by atoms with Gasteiger partial charge in [-0.2, -0.15) is 0 Å². The number of carbonyl (C=O) groups excluding carboxylic acids is 1. The van der Waals surface area contributed by atoms with Crippen LogP contribution in [0.4, 0.5) is 5.69 Å². The van der Waals surface area contributed by atoms with E-state index in [9.17, 15) is 4.79 Å². The lowest BCUT2D eigenvalue weighted by Crippen LogP contribution is -2.30. The smallest absolute Gasteiger partial charge is 0.229 e. The lowest BCUT2D eigenvalue weighted by atomic mass is 10.2. The predicted molar refractivity (Wildman–Crippen MR) is 52.5 cm³/mol.